The lowest BCUT2D eigenvalue weighted by Gasteiger charge is -2.24. The fourth-order valence-corrected chi connectivity index (χ4v) is 5.13. The molecule has 1 saturated heterocycles. The number of aromatic nitrogens is 1. The van der Waals surface area contributed by atoms with Crippen LogP contribution in [0.5, 0.6) is 0 Å². The third-order valence-electron chi connectivity index (χ3n) is 6.82. The topological polar surface area (TPSA) is 60.2 Å². The summed E-state index contributed by atoms with van der Waals surface area (Å²) in [6.07, 6.45) is 5.67. The van der Waals surface area contributed by atoms with Gasteiger partial charge in [0, 0.05) is 47.8 Å². The van der Waals surface area contributed by atoms with Crippen LogP contribution in [-0.4, -0.2) is 42.0 Å². The Labute approximate surface area is 188 Å². The lowest BCUT2D eigenvalue weighted by Crippen LogP contribution is -2.33. The molecule has 0 saturated carbocycles. The van der Waals surface area contributed by atoms with Gasteiger partial charge in [-0.25, -0.2) is 4.39 Å². The number of carbonyl (C=O) groups excluding carboxylic acids is 1. The van der Waals surface area contributed by atoms with E-state index in [9.17, 15) is 9.18 Å². The first kappa shape index (κ1) is 21.2. The van der Waals surface area contributed by atoms with E-state index in [0.29, 0.717) is 13.1 Å². The van der Waals surface area contributed by atoms with Gasteiger partial charge in [0.1, 0.15) is 5.82 Å². The molecule has 2 heterocycles. The Hall–Kier alpha value is -2.70. The number of amides is 1. The number of hydrogen-bond acceptors (Lipinski definition) is 3. The summed E-state index contributed by atoms with van der Waals surface area (Å²) in [6, 6.07) is 12.9. The molecule has 0 spiro atoms. The highest BCUT2D eigenvalue weighted by atomic mass is 19.1. The molecule has 0 bridgehead atoms. The maximum atomic E-state index is 13.5. The lowest BCUT2D eigenvalue weighted by molar-refractivity contribution is 0.0950. The van der Waals surface area contributed by atoms with E-state index in [-0.39, 0.29) is 17.8 Å². The molecule has 0 radical (unpaired) electrons. The van der Waals surface area contributed by atoms with Crippen LogP contribution in [0, 0.1) is 5.82 Å². The molecular weight excluding hydrogens is 403 g/mol. The minimum atomic E-state index is -0.203. The fourth-order valence-electron chi connectivity index (χ4n) is 5.13. The van der Waals surface area contributed by atoms with Gasteiger partial charge in [-0.1, -0.05) is 12.1 Å². The lowest BCUT2D eigenvalue weighted by atomic mass is 9.91. The van der Waals surface area contributed by atoms with Crippen molar-refractivity contribution in [2.24, 2.45) is 0 Å². The Bertz CT molecular complexity index is 1100. The summed E-state index contributed by atoms with van der Waals surface area (Å²) in [4.78, 5) is 18.7. The summed E-state index contributed by atoms with van der Waals surface area (Å²) in [5, 5.41) is 7.82. The van der Waals surface area contributed by atoms with Gasteiger partial charge >= 0.3 is 0 Å². The number of fused-ring (bicyclic) bond motifs is 3. The van der Waals surface area contributed by atoms with E-state index in [1.807, 2.05) is 24.3 Å². The average molecular weight is 435 g/mol. The van der Waals surface area contributed by atoms with Gasteiger partial charge in [0.2, 0.25) is 0 Å². The maximum Gasteiger partial charge on any atom is 0.251 e. The minimum absolute atomic E-state index is 0.00219. The van der Waals surface area contributed by atoms with Crippen molar-refractivity contribution in [1.29, 1.82) is 0 Å². The largest absolute Gasteiger partial charge is 0.357 e. The Morgan fingerprint density at radius 1 is 1.12 bits per heavy atom. The first-order chi connectivity index (χ1) is 15.7. The number of nitrogens with one attached hydrogen (secondary N) is 3. The molecule has 3 aromatic rings. The van der Waals surface area contributed by atoms with Gasteiger partial charge in [0.15, 0.2) is 0 Å². The molecule has 2 aromatic carbocycles. The van der Waals surface area contributed by atoms with Crippen LogP contribution in [-0.2, 0) is 13.0 Å². The molecular formula is C26H31FN4O. The molecule has 6 heteroatoms. The average Bonchev–Trinajstić information content (AvgIpc) is 3.45. The molecule has 1 aliphatic heterocycles. The summed E-state index contributed by atoms with van der Waals surface area (Å²) >= 11 is 0. The van der Waals surface area contributed by atoms with Crippen molar-refractivity contribution in [3.05, 3.63) is 70.7 Å². The van der Waals surface area contributed by atoms with Gasteiger partial charge < -0.3 is 20.5 Å². The van der Waals surface area contributed by atoms with E-state index < -0.39 is 0 Å². The van der Waals surface area contributed by atoms with E-state index >= 15 is 0 Å². The molecule has 3 N–H and O–H groups in total. The summed E-state index contributed by atoms with van der Waals surface area (Å²) in [6.45, 7) is 4.53. The predicted octanol–water partition coefficient (Wildman–Crippen LogP) is 4.30. The third-order valence-corrected chi connectivity index (χ3v) is 6.82. The van der Waals surface area contributed by atoms with Gasteiger partial charge in [-0.2, -0.15) is 0 Å². The number of aromatic amines is 1. The Morgan fingerprint density at radius 3 is 2.84 bits per heavy atom. The van der Waals surface area contributed by atoms with Crippen LogP contribution in [0.4, 0.5) is 4.39 Å². The van der Waals surface area contributed by atoms with Crippen molar-refractivity contribution < 1.29 is 9.18 Å². The van der Waals surface area contributed by atoms with Crippen molar-refractivity contribution in [3.63, 3.8) is 0 Å². The van der Waals surface area contributed by atoms with E-state index in [4.69, 9.17) is 0 Å². The van der Waals surface area contributed by atoms with Gasteiger partial charge in [-0.05, 0) is 86.7 Å². The van der Waals surface area contributed by atoms with Gasteiger partial charge in [0.05, 0.1) is 0 Å². The first-order valence-electron chi connectivity index (χ1n) is 11.8. The molecule has 1 atom stereocenters. The summed E-state index contributed by atoms with van der Waals surface area (Å²) in [7, 11) is 0. The standard InChI is InChI=1S/C26H31FN4O/c27-20-6-3-5-18(15-20)17-29-24-8-4-7-21-22-16-19(9-10-23(22)30-25(21)24)26(32)28-11-14-31-12-1-2-13-31/h3,5-6,9-10,15-16,24,29-30H,1-2,4,7-8,11-14,17H2,(H,28,32). The number of nitrogens with zero attached hydrogens (tertiary/aromatic N) is 1. The van der Waals surface area contributed by atoms with Crippen LogP contribution in [0.3, 0.4) is 0 Å². The molecule has 1 unspecified atom stereocenters. The second kappa shape index (κ2) is 9.43. The number of aryl methyl sites for hydroxylation is 1. The zero-order chi connectivity index (χ0) is 21.9. The number of hydrogen-bond donors (Lipinski definition) is 3. The monoisotopic (exact) mass is 434 g/mol. The predicted molar refractivity (Wildman–Crippen MR) is 125 cm³/mol. The number of H-pyrrole nitrogens is 1. The number of rotatable bonds is 7. The molecule has 168 valence electrons. The molecule has 2 aliphatic rings. The highest BCUT2D eigenvalue weighted by molar-refractivity contribution is 5.99. The normalized spacial score (nSPS) is 18.7. The highest BCUT2D eigenvalue weighted by Gasteiger charge is 2.24. The number of benzene rings is 2. The molecule has 5 nitrogen and oxygen atoms in total. The maximum absolute atomic E-state index is 13.5. The van der Waals surface area contributed by atoms with Gasteiger partial charge in [-0.3, -0.25) is 4.79 Å². The van der Waals surface area contributed by atoms with E-state index in [2.05, 4.69) is 20.5 Å². The first-order valence-corrected chi connectivity index (χ1v) is 11.8. The number of likely N-dealkylation sites (tertiary alicyclic amines) is 1. The SMILES string of the molecule is O=C(NCCN1CCCC1)c1ccc2[nH]c3c(c2c1)CCCC3NCc1cccc(F)c1. The quantitative estimate of drug-likeness (QED) is 0.520. The van der Waals surface area contributed by atoms with E-state index in [1.165, 1.54) is 30.2 Å². The molecule has 5 rings (SSSR count). The van der Waals surface area contributed by atoms with Crippen LogP contribution in [0.15, 0.2) is 42.5 Å². The summed E-state index contributed by atoms with van der Waals surface area (Å²) in [5.41, 5.74) is 5.24. The van der Waals surface area contributed by atoms with Crippen molar-refractivity contribution >= 4 is 16.8 Å². The van der Waals surface area contributed by atoms with Crippen LogP contribution in [0.25, 0.3) is 10.9 Å². The Morgan fingerprint density at radius 2 is 2.00 bits per heavy atom. The second-order valence-electron chi connectivity index (χ2n) is 9.04. The van der Waals surface area contributed by atoms with Gasteiger partial charge in [0.25, 0.3) is 5.91 Å². The highest BCUT2D eigenvalue weighted by Crippen LogP contribution is 2.35. The molecule has 1 fully saturated rings. The van der Waals surface area contributed by atoms with Crippen LogP contribution in [0.1, 0.15) is 58.9 Å². The van der Waals surface area contributed by atoms with E-state index in [1.54, 1.807) is 12.1 Å². The van der Waals surface area contributed by atoms with Crippen molar-refractivity contribution in [1.82, 2.24) is 20.5 Å². The molecule has 32 heavy (non-hydrogen) atoms. The molecule has 1 aromatic heterocycles. The van der Waals surface area contributed by atoms with Crippen LogP contribution >= 0.6 is 0 Å². The number of halogens is 1. The van der Waals surface area contributed by atoms with Crippen LogP contribution in [0.2, 0.25) is 0 Å². The zero-order valence-electron chi connectivity index (χ0n) is 18.4. The summed E-state index contributed by atoms with van der Waals surface area (Å²) < 4.78 is 13.5. The van der Waals surface area contributed by atoms with Crippen molar-refractivity contribution in [3.8, 4) is 0 Å². The number of carbonyl (C=O) groups is 1. The van der Waals surface area contributed by atoms with Gasteiger partial charge in [-0.15, -0.1) is 0 Å². The smallest absolute Gasteiger partial charge is 0.251 e. The van der Waals surface area contributed by atoms with Crippen molar-refractivity contribution in [2.45, 2.75) is 44.7 Å². The molecule has 1 amide bonds. The Balaban J connectivity index is 1.28. The summed E-state index contributed by atoms with van der Waals surface area (Å²) in [5.74, 6) is -0.205. The molecule has 1 aliphatic carbocycles. The van der Waals surface area contributed by atoms with Crippen molar-refractivity contribution in [2.75, 3.05) is 26.2 Å². The Kier molecular flexibility index (Phi) is 6.23. The third kappa shape index (κ3) is 4.57. The zero-order valence-corrected chi connectivity index (χ0v) is 18.4. The van der Waals surface area contributed by atoms with E-state index in [0.717, 1.165) is 60.9 Å². The minimum Gasteiger partial charge on any atom is -0.357 e. The second-order valence-corrected chi connectivity index (χ2v) is 9.04. The van der Waals surface area contributed by atoms with Crippen LogP contribution < -0.4 is 10.6 Å². The fraction of sp³-hybridized carbons (Fsp3) is 0.423.